The van der Waals surface area contributed by atoms with Gasteiger partial charge < -0.3 is 19.5 Å². The highest BCUT2D eigenvalue weighted by atomic mass is 32.1. The summed E-state index contributed by atoms with van der Waals surface area (Å²) in [5.74, 6) is -1.56. The van der Waals surface area contributed by atoms with Crippen molar-refractivity contribution in [1.29, 1.82) is 0 Å². The van der Waals surface area contributed by atoms with Crippen LogP contribution in [0.3, 0.4) is 0 Å². The molecule has 0 aliphatic heterocycles. The number of thiophene rings is 1. The van der Waals surface area contributed by atoms with Crippen molar-refractivity contribution in [2.75, 3.05) is 32.2 Å². The summed E-state index contributed by atoms with van der Waals surface area (Å²) in [7, 11) is 1.36. The molecule has 0 aromatic carbocycles. The van der Waals surface area contributed by atoms with Crippen LogP contribution in [-0.2, 0) is 36.6 Å². The molecule has 1 heterocycles. The van der Waals surface area contributed by atoms with Gasteiger partial charge in [-0.15, -0.1) is 11.3 Å². The smallest absolute Gasteiger partial charge is 0.341 e. The number of amides is 1. The van der Waals surface area contributed by atoms with Crippen LogP contribution in [0, 0.1) is 0 Å². The Morgan fingerprint density at radius 2 is 1.96 bits per heavy atom. The van der Waals surface area contributed by atoms with Crippen molar-refractivity contribution in [1.82, 2.24) is 0 Å². The lowest BCUT2D eigenvalue weighted by atomic mass is 10.1. The highest BCUT2D eigenvalue weighted by Gasteiger charge is 2.28. The molecule has 1 amide bonds. The Bertz CT molecular complexity index is 609. The molecule has 126 valence electrons. The summed E-state index contributed by atoms with van der Waals surface area (Å²) >= 11 is 1.38. The molecule has 0 bridgehead atoms. The molecule has 0 saturated carbocycles. The molecule has 1 aromatic heterocycles. The van der Waals surface area contributed by atoms with E-state index in [1.807, 2.05) is 0 Å². The maximum Gasteiger partial charge on any atom is 0.341 e. The first-order valence-corrected chi connectivity index (χ1v) is 8.14. The second-order valence-corrected chi connectivity index (χ2v) is 6.03. The van der Waals surface area contributed by atoms with Crippen LogP contribution >= 0.6 is 11.3 Å². The number of anilines is 1. The van der Waals surface area contributed by atoms with E-state index in [-0.39, 0.29) is 13.2 Å². The molecule has 2 rings (SSSR count). The van der Waals surface area contributed by atoms with Gasteiger partial charge in [-0.05, 0) is 31.7 Å². The molecule has 0 spiro atoms. The van der Waals surface area contributed by atoms with E-state index in [1.165, 1.54) is 18.4 Å². The minimum Gasteiger partial charge on any atom is -0.462 e. The van der Waals surface area contributed by atoms with E-state index in [1.54, 1.807) is 6.92 Å². The monoisotopic (exact) mass is 341 g/mol. The Kier molecular flexibility index (Phi) is 6.12. The van der Waals surface area contributed by atoms with Crippen LogP contribution in [0.4, 0.5) is 5.00 Å². The van der Waals surface area contributed by atoms with Crippen LogP contribution in [0.25, 0.3) is 0 Å². The fourth-order valence-electron chi connectivity index (χ4n) is 2.38. The van der Waals surface area contributed by atoms with Crippen LogP contribution in [0.2, 0.25) is 0 Å². The molecular formula is C15H19NO6S. The van der Waals surface area contributed by atoms with Crippen LogP contribution < -0.4 is 5.32 Å². The lowest BCUT2D eigenvalue weighted by molar-refractivity contribution is -0.150. The quantitative estimate of drug-likeness (QED) is 0.757. The summed E-state index contributed by atoms with van der Waals surface area (Å²) in [6, 6.07) is 0. The average Bonchev–Trinajstić information content (AvgIpc) is 3.06. The van der Waals surface area contributed by atoms with Crippen molar-refractivity contribution in [2.45, 2.75) is 26.2 Å². The van der Waals surface area contributed by atoms with Gasteiger partial charge >= 0.3 is 11.9 Å². The number of esters is 2. The number of nitrogens with one attached hydrogen (secondary N) is 1. The van der Waals surface area contributed by atoms with Gasteiger partial charge in [-0.2, -0.15) is 0 Å². The summed E-state index contributed by atoms with van der Waals surface area (Å²) in [5.41, 5.74) is 1.39. The third-order valence-electron chi connectivity index (χ3n) is 3.28. The first-order chi connectivity index (χ1) is 11.1. The molecule has 0 atom stereocenters. The van der Waals surface area contributed by atoms with Gasteiger partial charge in [-0.1, -0.05) is 0 Å². The Morgan fingerprint density at radius 1 is 1.17 bits per heavy atom. The lowest BCUT2D eigenvalue weighted by Crippen LogP contribution is -2.23. The number of hydrogen-bond donors (Lipinski definition) is 1. The zero-order valence-electron chi connectivity index (χ0n) is 13.1. The van der Waals surface area contributed by atoms with Crippen molar-refractivity contribution < 1.29 is 28.6 Å². The summed E-state index contributed by atoms with van der Waals surface area (Å²) in [5, 5.41) is 3.10. The summed E-state index contributed by atoms with van der Waals surface area (Å²) in [4.78, 5) is 36.3. The molecule has 1 N–H and O–H groups in total. The Labute approximate surface area is 137 Å². The molecule has 1 aliphatic carbocycles. The first-order valence-electron chi connectivity index (χ1n) is 7.32. The van der Waals surface area contributed by atoms with Gasteiger partial charge in [0.1, 0.15) is 11.6 Å². The summed E-state index contributed by atoms with van der Waals surface area (Å²) in [6.45, 7) is 1.37. The minimum atomic E-state index is -0.623. The molecule has 1 aliphatic rings. The number of methoxy groups -OCH3 is 1. The van der Waals surface area contributed by atoms with Crippen molar-refractivity contribution in [3.05, 3.63) is 16.0 Å². The van der Waals surface area contributed by atoms with E-state index in [9.17, 15) is 14.4 Å². The highest BCUT2D eigenvalue weighted by Crippen LogP contribution is 2.39. The second-order valence-electron chi connectivity index (χ2n) is 4.92. The normalized spacial score (nSPS) is 12.6. The predicted molar refractivity (Wildman–Crippen MR) is 83.8 cm³/mol. The SMILES string of the molecule is CCOC(=O)c1c(NC(=O)COC(=O)COC)sc2c1CCC2. The third-order valence-corrected chi connectivity index (χ3v) is 4.49. The van der Waals surface area contributed by atoms with E-state index >= 15 is 0 Å². The van der Waals surface area contributed by atoms with E-state index in [4.69, 9.17) is 9.47 Å². The highest BCUT2D eigenvalue weighted by molar-refractivity contribution is 7.17. The Hall–Kier alpha value is -1.93. The number of aryl methyl sites for hydroxylation is 1. The van der Waals surface area contributed by atoms with Gasteiger partial charge in [-0.25, -0.2) is 9.59 Å². The number of carbonyl (C=O) groups excluding carboxylic acids is 3. The van der Waals surface area contributed by atoms with E-state index < -0.39 is 24.5 Å². The van der Waals surface area contributed by atoms with Gasteiger partial charge in [0.15, 0.2) is 6.61 Å². The number of fused-ring (bicyclic) bond motifs is 1. The topological polar surface area (TPSA) is 90.9 Å². The molecule has 0 saturated heterocycles. The predicted octanol–water partition coefficient (Wildman–Crippen LogP) is 1.54. The third kappa shape index (κ3) is 4.29. The number of rotatable bonds is 7. The summed E-state index contributed by atoms with van der Waals surface area (Å²) < 4.78 is 14.4. The standard InChI is InChI=1S/C15H19NO6S/c1-3-21-15(19)13-9-5-4-6-10(9)23-14(13)16-11(17)7-22-12(18)8-20-2/h3-8H2,1-2H3,(H,16,17). The number of hydrogen-bond acceptors (Lipinski definition) is 7. The van der Waals surface area contributed by atoms with Crippen molar-refractivity contribution in [2.24, 2.45) is 0 Å². The minimum absolute atomic E-state index is 0.214. The molecule has 0 fully saturated rings. The zero-order chi connectivity index (χ0) is 16.8. The van der Waals surface area contributed by atoms with Gasteiger partial charge in [0, 0.05) is 12.0 Å². The fraction of sp³-hybridized carbons (Fsp3) is 0.533. The second kappa shape index (κ2) is 8.07. The Morgan fingerprint density at radius 3 is 2.65 bits per heavy atom. The number of ether oxygens (including phenoxy) is 3. The molecule has 0 radical (unpaired) electrons. The average molecular weight is 341 g/mol. The van der Waals surface area contributed by atoms with Gasteiger partial charge in [0.05, 0.1) is 12.2 Å². The van der Waals surface area contributed by atoms with Crippen molar-refractivity contribution in [3.8, 4) is 0 Å². The number of carbonyl (C=O) groups is 3. The zero-order valence-corrected chi connectivity index (χ0v) is 13.9. The van der Waals surface area contributed by atoms with Gasteiger partial charge in [0.2, 0.25) is 0 Å². The van der Waals surface area contributed by atoms with Crippen LogP contribution in [-0.4, -0.2) is 44.8 Å². The fourth-order valence-corrected chi connectivity index (χ4v) is 3.67. The van der Waals surface area contributed by atoms with Crippen LogP contribution in [0.15, 0.2) is 0 Å². The molecule has 23 heavy (non-hydrogen) atoms. The lowest BCUT2D eigenvalue weighted by Gasteiger charge is -2.08. The Balaban J connectivity index is 2.06. The van der Waals surface area contributed by atoms with Gasteiger partial charge in [-0.3, -0.25) is 4.79 Å². The maximum atomic E-state index is 12.2. The van der Waals surface area contributed by atoms with Crippen LogP contribution in [0.1, 0.15) is 34.1 Å². The molecule has 8 heteroatoms. The van der Waals surface area contributed by atoms with E-state index in [0.29, 0.717) is 10.6 Å². The van der Waals surface area contributed by atoms with Gasteiger partial charge in [0.25, 0.3) is 5.91 Å². The molecule has 1 aromatic rings. The van der Waals surface area contributed by atoms with Crippen molar-refractivity contribution in [3.63, 3.8) is 0 Å². The maximum absolute atomic E-state index is 12.2. The molecular weight excluding hydrogens is 322 g/mol. The summed E-state index contributed by atoms with van der Waals surface area (Å²) in [6.07, 6.45) is 2.69. The van der Waals surface area contributed by atoms with E-state index in [2.05, 4.69) is 10.1 Å². The molecule has 7 nitrogen and oxygen atoms in total. The van der Waals surface area contributed by atoms with Crippen molar-refractivity contribution >= 4 is 34.2 Å². The van der Waals surface area contributed by atoms with Crippen LogP contribution in [0.5, 0.6) is 0 Å². The first kappa shape index (κ1) is 17.4. The van der Waals surface area contributed by atoms with E-state index in [0.717, 1.165) is 29.7 Å². The largest absolute Gasteiger partial charge is 0.462 e. The molecule has 0 unspecified atom stereocenters.